The van der Waals surface area contributed by atoms with Crippen LogP contribution in [-0.2, 0) is 5.60 Å². The zero-order valence-electron chi connectivity index (χ0n) is 10.2. The Kier molecular flexibility index (Phi) is 3.40. The fraction of sp³-hybridized carbons (Fsp3) is 0.538. The number of aliphatic hydroxyl groups is 1. The zero-order chi connectivity index (χ0) is 11.6. The second-order valence-corrected chi connectivity index (χ2v) is 4.67. The first kappa shape index (κ1) is 12.1. The summed E-state index contributed by atoms with van der Waals surface area (Å²) in [6.45, 7) is 7.82. The van der Waals surface area contributed by atoms with Gasteiger partial charge in [-0.2, -0.15) is 0 Å². The van der Waals surface area contributed by atoms with Crippen molar-refractivity contribution in [3.05, 3.63) is 29.3 Å². The molecule has 0 amide bonds. The van der Waals surface area contributed by atoms with Gasteiger partial charge in [0.15, 0.2) is 0 Å². The number of hydrogen-bond acceptors (Lipinski definition) is 2. The normalized spacial score (nSPS) is 11.9. The molecule has 0 unspecified atom stereocenters. The highest BCUT2D eigenvalue weighted by Gasteiger charge is 2.21. The van der Waals surface area contributed by atoms with Crippen molar-refractivity contribution in [1.29, 1.82) is 0 Å². The standard InChI is InChI=1S/C13H20O2/c1-9(2)10-6-7-12(15-5)11(8-10)13(3,4)14/h6-9,14H,1-5H3. The summed E-state index contributed by atoms with van der Waals surface area (Å²) in [7, 11) is 1.62. The van der Waals surface area contributed by atoms with E-state index in [1.54, 1.807) is 21.0 Å². The third-order valence-electron chi connectivity index (χ3n) is 2.55. The van der Waals surface area contributed by atoms with Crippen LogP contribution in [0.1, 0.15) is 44.7 Å². The molecule has 15 heavy (non-hydrogen) atoms. The molecule has 0 fully saturated rings. The molecule has 0 aliphatic heterocycles. The van der Waals surface area contributed by atoms with Crippen molar-refractivity contribution in [1.82, 2.24) is 0 Å². The highest BCUT2D eigenvalue weighted by atomic mass is 16.5. The first-order chi connectivity index (χ1) is 6.86. The second-order valence-electron chi connectivity index (χ2n) is 4.67. The van der Waals surface area contributed by atoms with Crippen LogP contribution in [0.4, 0.5) is 0 Å². The molecule has 84 valence electrons. The molecule has 0 aliphatic rings. The van der Waals surface area contributed by atoms with Crippen LogP contribution in [0.25, 0.3) is 0 Å². The van der Waals surface area contributed by atoms with Crippen LogP contribution in [0, 0.1) is 0 Å². The first-order valence-corrected chi connectivity index (χ1v) is 5.27. The highest BCUT2D eigenvalue weighted by Crippen LogP contribution is 2.32. The van der Waals surface area contributed by atoms with E-state index in [2.05, 4.69) is 13.8 Å². The van der Waals surface area contributed by atoms with Crippen molar-refractivity contribution >= 4 is 0 Å². The lowest BCUT2D eigenvalue weighted by Gasteiger charge is -2.22. The molecule has 1 N–H and O–H groups in total. The Morgan fingerprint density at radius 1 is 1.27 bits per heavy atom. The van der Waals surface area contributed by atoms with E-state index < -0.39 is 5.60 Å². The molecule has 1 aromatic carbocycles. The van der Waals surface area contributed by atoms with Crippen molar-refractivity contribution in [2.75, 3.05) is 7.11 Å². The molecule has 1 aromatic rings. The number of benzene rings is 1. The van der Waals surface area contributed by atoms with Gasteiger partial charge < -0.3 is 9.84 Å². The van der Waals surface area contributed by atoms with Gasteiger partial charge in [0.05, 0.1) is 12.7 Å². The van der Waals surface area contributed by atoms with E-state index in [0.717, 1.165) is 11.3 Å². The Balaban J connectivity index is 3.26. The lowest BCUT2D eigenvalue weighted by molar-refractivity contribution is 0.0755. The fourth-order valence-corrected chi connectivity index (χ4v) is 1.56. The predicted octanol–water partition coefficient (Wildman–Crippen LogP) is 3.05. The van der Waals surface area contributed by atoms with E-state index in [1.807, 2.05) is 18.2 Å². The van der Waals surface area contributed by atoms with Crippen LogP contribution in [0.2, 0.25) is 0 Å². The summed E-state index contributed by atoms with van der Waals surface area (Å²) < 4.78 is 5.25. The second kappa shape index (κ2) is 4.23. The Morgan fingerprint density at radius 2 is 1.87 bits per heavy atom. The van der Waals surface area contributed by atoms with Crippen LogP contribution in [0.3, 0.4) is 0 Å². The lowest BCUT2D eigenvalue weighted by atomic mass is 9.92. The summed E-state index contributed by atoms with van der Waals surface area (Å²) in [5, 5.41) is 10.0. The van der Waals surface area contributed by atoms with Crippen LogP contribution < -0.4 is 4.74 Å². The smallest absolute Gasteiger partial charge is 0.124 e. The van der Waals surface area contributed by atoms with Gasteiger partial charge in [0, 0.05) is 5.56 Å². The molecule has 0 heterocycles. The minimum absolute atomic E-state index is 0.456. The summed E-state index contributed by atoms with van der Waals surface area (Å²) in [5.41, 5.74) is 1.19. The van der Waals surface area contributed by atoms with Gasteiger partial charge in [0.1, 0.15) is 5.75 Å². The van der Waals surface area contributed by atoms with Crippen LogP contribution in [0.5, 0.6) is 5.75 Å². The molecule has 2 heteroatoms. The summed E-state index contributed by atoms with van der Waals surface area (Å²) in [6.07, 6.45) is 0. The molecule has 0 spiro atoms. The van der Waals surface area contributed by atoms with Crippen LogP contribution in [0.15, 0.2) is 18.2 Å². The molecular formula is C13H20O2. The van der Waals surface area contributed by atoms with E-state index in [0.29, 0.717) is 5.92 Å². The Labute approximate surface area is 91.9 Å². The average Bonchev–Trinajstić information content (AvgIpc) is 2.15. The molecule has 2 nitrogen and oxygen atoms in total. The highest BCUT2D eigenvalue weighted by molar-refractivity contribution is 5.41. The monoisotopic (exact) mass is 208 g/mol. The number of methoxy groups -OCH3 is 1. The number of rotatable bonds is 3. The van der Waals surface area contributed by atoms with Gasteiger partial charge >= 0.3 is 0 Å². The van der Waals surface area contributed by atoms with Gasteiger partial charge in [-0.05, 0) is 37.5 Å². The third-order valence-corrected chi connectivity index (χ3v) is 2.55. The quantitative estimate of drug-likeness (QED) is 0.827. The van der Waals surface area contributed by atoms with Crippen molar-refractivity contribution < 1.29 is 9.84 Å². The van der Waals surface area contributed by atoms with Gasteiger partial charge in [0.25, 0.3) is 0 Å². The summed E-state index contributed by atoms with van der Waals surface area (Å²) in [6, 6.07) is 5.98. The summed E-state index contributed by atoms with van der Waals surface area (Å²) in [5.74, 6) is 1.20. The molecule has 0 aliphatic carbocycles. The van der Waals surface area contributed by atoms with E-state index in [-0.39, 0.29) is 0 Å². The summed E-state index contributed by atoms with van der Waals surface area (Å²) >= 11 is 0. The van der Waals surface area contributed by atoms with Gasteiger partial charge in [0.2, 0.25) is 0 Å². The molecule has 0 saturated heterocycles. The fourth-order valence-electron chi connectivity index (χ4n) is 1.56. The van der Waals surface area contributed by atoms with Gasteiger partial charge in [-0.1, -0.05) is 19.9 Å². The first-order valence-electron chi connectivity index (χ1n) is 5.27. The Morgan fingerprint density at radius 3 is 2.27 bits per heavy atom. The molecule has 0 radical (unpaired) electrons. The maximum atomic E-state index is 10.0. The SMILES string of the molecule is COc1ccc(C(C)C)cc1C(C)(C)O. The third kappa shape index (κ3) is 2.72. The predicted molar refractivity (Wildman–Crippen MR) is 62.3 cm³/mol. The summed E-state index contributed by atoms with van der Waals surface area (Å²) in [4.78, 5) is 0. The Hall–Kier alpha value is -1.02. The zero-order valence-corrected chi connectivity index (χ0v) is 10.2. The maximum Gasteiger partial charge on any atom is 0.124 e. The van der Waals surface area contributed by atoms with Gasteiger partial charge in [-0.3, -0.25) is 0 Å². The topological polar surface area (TPSA) is 29.5 Å². The van der Waals surface area contributed by atoms with E-state index in [1.165, 1.54) is 5.56 Å². The van der Waals surface area contributed by atoms with Gasteiger partial charge in [-0.25, -0.2) is 0 Å². The minimum atomic E-state index is -0.865. The molecular weight excluding hydrogens is 188 g/mol. The Bertz CT molecular complexity index is 335. The maximum absolute atomic E-state index is 10.0. The van der Waals surface area contributed by atoms with Gasteiger partial charge in [-0.15, -0.1) is 0 Å². The van der Waals surface area contributed by atoms with Crippen molar-refractivity contribution in [3.8, 4) is 5.75 Å². The lowest BCUT2D eigenvalue weighted by Crippen LogP contribution is -2.17. The molecule has 1 rings (SSSR count). The van der Waals surface area contributed by atoms with Crippen molar-refractivity contribution in [3.63, 3.8) is 0 Å². The minimum Gasteiger partial charge on any atom is -0.496 e. The van der Waals surface area contributed by atoms with Crippen molar-refractivity contribution in [2.24, 2.45) is 0 Å². The van der Waals surface area contributed by atoms with Crippen molar-refractivity contribution in [2.45, 2.75) is 39.2 Å². The van der Waals surface area contributed by atoms with E-state index >= 15 is 0 Å². The van der Waals surface area contributed by atoms with Crippen LogP contribution in [-0.4, -0.2) is 12.2 Å². The largest absolute Gasteiger partial charge is 0.496 e. The molecule has 0 bridgehead atoms. The molecule has 0 aromatic heterocycles. The van der Waals surface area contributed by atoms with E-state index in [9.17, 15) is 5.11 Å². The number of hydrogen-bond donors (Lipinski definition) is 1. The molecule has 0 atom stereocenters. The molecule has 0 saturated carbocycles. The van der Waals surface area contributed by atoms with Crippen LogP contribution >= 0.6 is 0 Å². The van der Waals surface area contributed by atoms with E-state index in [4.69, 9.17) is 4.74 Å². The average molecular weight is 208 g/mol. The number of ether oxygens (including phenoxy) is 1.